The average Bonchev–Trinajstić information content (AvgIpc) is 2.94. The number of carbonyl (C=O) groups is 3. The van der Waals surface area contributed by atoms with Crippen molar-refractivity contribution in [1.29, 1.82) is 0 Å². The van der Waals surface area contributed by atoms with Gasteiger partial charge in [0.05, 0.1) is 40.3 Å². The first kappa shape index (κ1) is 90.2. The highest BCUT2D eigenvalue weighted by atomic mass is 16.7. The van der Waals surface area contributed by atoms with Crippen molar-refractivity contribution >= 4 is 17.9 Å². The van der Waals surface area contributed by atoms with Crippen molar-refractivity contribution in [1.82, 2.24) is 0 Å². The molecule has 0 saturated heterocycles. The largest absolute Gasteiger partial charge is 0.545 e. The highest BCUT2D eigenvalue weighted by molar-refractivity contribution is 5.70. The second-order valence-corrected chi connectivity index (χ2v) is 26.9. The Labute approximate surface area is 585 Å². The Kier molecular flexibility index (Phi) is 71.1. The van der Waals surface area contributed by atoms with Crippen LogP contribution in [0.3, 0.4) is 0 Å². The summed E-state index contributed by atoms with van der Waals surface area (Å²) in [6.07, 6.45) is 107. The van der Waals surface area contributed by atoms with Crippen molar-refractivity contribution in [2.24, 2.45) is 0 Å². The third-order valence-electron chi connectivity index (χ3n) is 16.6. The minimum Gasteiger partial charge on any atom is -0.545 e. The van der Waals surface area contributed by atoms with E-state index >= 15 is 0 Å². The molecule has 0 radical (unpaired) electrons. The molecule has 2 atom stereocenters. The van der Waals surface area contributed by atoms with E-state index in [0.29, 0.717) is 17.4 Å². The van der Waals surface area contributed by atoms with Crippen molar-refractivity contribution in [3.8, 4) is 0 Å². The Balaban J connectivity index is 4.06. The smallest absolute Gasteiger partial charge is 0.306 e. The number of quaternary nitrogens is 1. The van der Waals surface area contributed by atoms with Gasteiger partial charge in [-0.3, -0.25) is 9.59 Å². The zero-order valence-corrected chi connectivity index (χ0v) is 62.0. The van der Waals surface area contributed by atoms with Crippen LogP contribution in [0.5, 0.6) is 0 Å². The van der Waals surface area contributed by atoms with Crippen molar-refractivity contribution in [2.75, 3.05) is 47.5 Å². The number of allylic oxidation sites excluding steroid dienone is 24. The lowest BCUT2D eigenvalue weighted by Gasteiger charge is -2.26. The van der Waals surface area contributed by atoms with E-state index < -0.39 is 24.3 Å². The van der Waals surface area contributed by atoms with Gasteiger partial charge in [-0.2, -0.15) is 0 Å². The number of hydrogen-bond acceptors (Lipinski definition) is 8. The van der Waals surface area contributed by atoms with Gasteiger partial charge in [0.15, 0.2) is 12.4 Å². The predicted molar refractivity (Wildman–Crippen MR) is 407 cm³/mol. The lowest BCUT2D eigenvalue weighted by Crippen LogP contribution is -2.44. The molecule has 0 heterocycles. The van der Waals surface area contributed by atoms with Crippen LogP contribution < -0.4 is 5.11 Å². The lowest BCUT2D eigenvalue weighted by molar-refractivity contribution is -0.870. The monoisotopic (exact) mass is 1320 g/mol. The minimum atomic E-state index is -1.63. The van der Waals surface area contributed by atoms with Gasteiger partial charge in [0, 0.05) is 12.8 Å². The molecule has 95 heavy (non-hydrogen) atoms. The quantitative estimate of drug-likeness (QED) is 0.0195. The third kappa shape index (κ3) is 76.4. The summed E-state index contributed by atoms with van der Waals surface area (Å²) < 4.78 is 22.9. The van der Waals surface area contributed by atoms with Crippen LogP contribution in [0.4, 0.5) is 0 Å². The number of unbranched alkanes of at least 4 members (excludes halogenated alkanes) is 32. The number of carboxylic acids is 1. The van der Waals surface area contributed by atoms with Crippen LogP contribution in [0.15, 0.2) is 146 Å². The van der Waals surface area contributed by atoms with Gasteiger partial charge in [0.2, 0.25) is 0 Å². The first-order valence-electron chi connectivity index (χ1n) is 39.0. The fourth-order valence-corrected chi connectivity index (χ4v) is 10.7. The van der Waals surface area contributed by atoms with Crippen LogP contribution in [0, 0.1) is 0 Å². The number of carboxylic acid groups (broad SMARTS) is 1. The molecule has 0 fully saturated rings. The van der Waals surface area contributed by atoms with E-state index in [9.17, 15) is 19.5 Å². The van der Waals surface area contributed by atoms with Gasteiger partial charge in [-0.15, -0.1) is 0 Å². The van der Waals surface area contributed by atoms with Crippen molar-refractivity contribution in [2.45, 2.75) is 334 Å². The molecule has 0 bridgehead atoms. The summed E-state index contributed by atoms with van der Waals surface area (Å²) >= 11 is 0. The molecule has 0 aliphatic heterocycles. The molecule has 0 aliphatic rings. The van der Waals surface area contributed by atoms with E-state index in [-0.39, 0.29) is 38.6 Å². The second-order valence-electron chi connectivity index (χ2n) is 26.9. The van der Waals surface area contributed by atoms with Crippen molar-refractivity contribution in [3.63, 3.8) is 0 Å². The molecule has 0 N–H and O–H groups in total. The summed E-state index contributed by atoms with van der Waals surface area (Å²) in [7, 11) is 5.94. The van der Waals surface area contributed by atoms with Crippen LogP contribution >= 0.6 is 0 Å². The van der Waals surface area contributed by atoms with E-state index in [4.69, 9.17) is 18.9 Å². The van der Waals surface area contributed by atoms with Gasteiger partial charge < -0.3 is 33.3 Å². The van der Waals surface area contributed by atoms with E-state index in [2.05, 4.69) is 160 Å². The van der Waals surface area contributed by atoms with E-state index in [1.54, 1.807) is 0 Å². The molecule has 542 valence electrons. The maximum atomic E-state index is 13.0. The SMILES string of the molecule is CC/C=C\C/C=C\C/C=C\C/C=C\C/C=C\C/C=C\CCCCCCCCCCCCCCCCCCC(=O)OCC(COC(OCC[N+](C)(C)C)C(=O)[O-])OC(=O)CCCCCCCCCCCCCCCCCC/C=C\C/C=C\C/C=C\C/C=C\C/C=C\C/C=C\CC. The van der Waals surface area contributed by atoms with Crippen LogP contribution in [0.25, 0.3) is 0 Å². The van der Waals surface area contributed by atoms with Gasteiger partial charge in [0.1, 0.15) is 13.2 Å². The van der Waals surface area contributed by atoms with E-state index in [1.807, 2.05) is 21.1 Å². The molecule has 9 heteroatoms. The molecular weight excluding hydrogens is 1170 g/mol. The second kappa shape index (κ2) is 75.0. The summed E-state index contributed by atoms with van der Waals surface area (Å²) in [4.78, 5) is 37.6. The van der Waals surface area contributed by atoms with Gasteiger partial charge in [-0.25, -0.2) is 0 Å². The number of nitrogens with zero attached hydrogens (tertiary/aromatic N) is 1. The minimum absolute atomic E-state index is 0.144. The third-order valence-corrected chi connectivity index (χ3v) is 16.6. The molecule has 9 nitrogen and oxygen atoms in total. The topological polar surface area (TPSA) is 111 Å². The Morgan fingerprint density at radius 2 is 0.568 bits per heavy atom. The Morgan fingerprint density at radius 3 is 0.842 bits per heavy atom. The van der Waals surface area contributed by atoms with Gasteiger partial charge in [-0.05, 0) is 116 Å². The number of likely N-dealkylation sites (N-methyl/N-ethyl adjacent to an activating group) is 1. The average molecular weight is 1320 g/mol. The first-order valence-corrected chi connectivity index (χ1v) is 39.0. The zero-order valence-electron chi connectivity index (χ0n) is 62.0. The van der Waals surface area contributed by atoms with Crippen molar-refractivity contribution in [3.05, 3.63) is 146 Å². The molecule has 0 aliphatic carbocycles. The normalized spacial score (nSPS) is 13.5. The Hall–Kier alpha value is -4.83. The fraction of sp³-hybridized carbons (Fsp3) is 0.686. The highest BCUT2D eigenvalue weighted by Crippen LogP contribution is 2.18. The van der Waals surface area contributed by atoms with E-state index in [0.717, 1.165) is 116 Å². The van der Waals surface area contributed by atoms with Gasteiger partial charge in [-0.1, -0.05) is 339 Å². The summed E-state index contributed by atoms with van der Waals surface area (Å²) in [6.45, 7) is 4.54. The molecule has 0 spiro atoms. The maximum absolute atomic E-state index is 13.0. The first-order chi connectivity index (χ1) is 46.6. The molecule has 0 saturated carbocycles. The summed E-state index contributed by atoms with van der Waals surface area (Å²) in [6, 6.07) is 0. The number of hydrogen-bond donors (Lipinski definition) is 0. The standard InChI is InChI=1S/C86H145NO8/c1-6-8-10-12-14-16-18-20-22-24-26-28-30-32-34-36-38-40-42-44-46-48-50-52-54-56-58-60-62-64-66-68-70-72-74-76-83(88)93-80-82(81-94-86(85(90)91)92-79-78-87(3,4)5)95-84(89)77-75-73-71-69-67-65-63-61-59-57-55-53-51-49-47-45-43-41-39-37-35-33-31-29-27-25-23-21-19-17-15-13-11-9-7-2/h8-11,14-17,20-23,26-29,32-35,38-41,82,86H,6-7,12-13,18-19,24-25,30-31,36-37,42-81H2,1-5H3/b10-8-,11-9-,16-14-,17-15-,22-20-,23-21-,28-26-,29-27-,34-32-,35-33-,40-38-,41-39-. The molecule has 0 rings (SSSR count). The fourth-order valence-electron chi connectivity index (χ4n) is 10.7. The molecular formula is C86H145NO8. The van der Waals surface area contributed by atoms with Crippen LogP contribution in [0.1, 0.15) is 322 Å². The van der Waals surface area contributed by atoms with Crippen LogP contribution in [0.2, 0.25) is 0 Å². The Bertz CT molecular complexity index is 2080. The zero-order chi connectivity index (χ0) is 69.0. The number of aliphatic carboxylic acids is 1. The van der Waals surface area contributed by atoms with Gasteiger partial charge in [0.25, 0.3) is 0 Å². The summed E-state index contributed by atoms with van der Waals surface area (Å²) in [5.41, 5.74) is 0. The number of carbonyl (C=O) groups excluding carboxylic acids is 3. The highest BCUT2D eigenvalue weighted by Gasteiger charge is 2.22. The lowest BCUT2D eigenvalue weighted by atomic mass is 10.0. The van der Waals surface area contributed by atoms with Gasteiger partial charge >= 0.3 is 11.9 Å². The molecule has 2 unspecified atom stereocenters. The summed E-state index contributed by atoms with van der Waals surface area (Å²) in [5.74, 6) is -2.28. The number of esters is 2. The molecule has 0 amide bonds. The Morgan fingerprint density at radius 1 is 0.316 bits per heavy atom. The predicted octanol–water partition coefficient (Wildman–Crippen LogP) is 23.7. The molecule has 0 aromatic carbocycles. The summed E-state index contributed by atoms with van der Waals surface area (Å²) in [5, 5.41) is 11.9. The van der Waals surface area contributed by atoms with Crippen LogP contribution in [-0.4, -0.2) is 82.3 Å². The van der Waals surface area contributed by atoms with Crippen molar-refractivity contribution < 1.29 is 42.9 Å². The number of ether oxygens (including phenoxy) is 4. The molecule has 0 aromatic rings. The maximum Gasteiger partial charge on any atom is 0.306 e. The van der Waals surface area contributed by atoms with E-state index in [1.165, 1.54) is 173 Å². The molecule has 0 aromatic heterocycles. The number of rotatable bonds is 71. The van der Waals surface area contributed by atoms with Crippen LogP contribution in [-0.2, 0) is 33.3 Å².